The van der Waals surface area contributed by atoms with Gasteiger partial charge in [-0.1, -0.05) is 24.3 Å². The Morgan fingerprint density at radius 3 is 2.36 bits per heavy atom. The molecule has 9 heteroatoms. The first-order valence-electron chi connectivity index (χ1n) is 11.3. The van der Waals surface area contributed by atoms with E-state index >= 15 is 0 Å². The largest absolute Gasteiger partial charge is 0.423 e. The summed E-state index contributed by atoms with van der Waals surface area (Å²) in [5, 5.41) is 16.7. The molecule has 0 spiro atoms. The van der Waals surface area contributed by atoms with Gasteiger partial charge >= 0.3 is 6.18 Å². The molecular formula is C27H24F4N4O. The molecule has 5 aromatic rings. The van der Waals surface area contributed by atoms with E-state index in [2.05, 4.69) is 5.10 Å². The van der Waals surface area contributed by atoms with E-state index in [1.165, 1.54) is 57.9 Å². The van der Waals surface area contributed by atoms with Crippen molar-refractivity contribution in [3.8, 4) is 5.69 Å². The zero-order valence-electron chi connectivity index (χ0n) is 19.7. The van der Waals surface area contributed by atoms with Crippen molar-refractivity contribution in [1.29, 1.82) is 0 Å². The smallest absolute Gasteiger partial charge is 0.375 e. The molecule has 36 heavy (non-hydrogen) atoms. The van der Waals surface area contributed by atoms with E-state index in [0.29, 0.717) is 28.7 Å². The third kappa shape index (κ3) is 4.14. The minimum Gasteiger partial charge on any atom is -0.375 e. The molecular weight excluding hydrogens is 472 g/mol. The Kier molecular flexibility index (Phi) is 5.84. The van der Waals surface area contributed by atoms with Gasteiger partial charge in [-0.25, -0.2) is 9.07 Å². The summed E-state index contributed by atoms with van der Waals surface area (Å²) in [5.74, 6) is -0.404. The van der Waals surface area contributed by atoms with E-state index in [1.54, 1.807) is 18.3 Å². The number of nitrogens with zero attached hydrogens (tertiary/aromatic N) is 4. The Labute approximate surface area is 204 Å². The Morgan fingerprint density at radius 1 is 0.944 bits per heavy atom. The van der Waals surface area contributed by atoms with Gasteiger partial charge in [0.05, 0.1) is 23.9 Å². The molecule has 0 aliphatic carbocycles. The fourth-order valence-corrected chi connectivity index (χ4v) is 4.59. The molecule has 186 valence electrons. The minimum atomic E-state index is -4.94. The monoisotopic (exact) mass is 496 g/mol. The average Bonchev–Trinajstić information content (AvgIpc) is 3.40. The van der Waals surface area contributed by atoms with E-state index in [1.807, 2.05) is 31.1 Å². The number of aliphatic hydroxyl groups is 1. The van der Waals surface area contributed by atoms with Crippen LogP contribution in [0, 0.1) is 5.82 Å². The lowest BCUT2D eigenvalue weighted by Crippen LogP contribution is -2.45. The fourth-order valence-electron chi connectivity index (χ4n) is 4.59. The summed E-state index contributed by atoms with van der Waals surface area (Å²) in [5.41, 5.74) is -0.838. The number of hydrogen-bond donors (Lipinski definition) is 1. The average molecular weight is 497 g/mol. The van der Waals surface area contributed by atoms with Gasteiger partial charge in [0.15, 0.2) is 0 Å². The molecule has 0 saturated heterocycles. The van der Waals surface area contributed by atoms with Crippen molar-refractivity contribution in [3.05, 3.63) is 96.1 Å². The van der Waals surface area contributed by atoms with Crippen LogP contribution in [0.15, 0.2) is 79.1 Å². The molecule has 2 aromatic heterocycles. The molecule has 1 unspecified atom stereocenters. The van der Waals surface area contributed by atoms with Crippen LogP contribution in [0.5, 0.6) is 0 Å². The van der Waals surface area contributed by atoms with Gasteiger partial charge in [-0.15, -0.1) is 0 Å². The highest BCUT2D eigenvalue weighted by Crippen LogP contribution is 2.42. The van der Waals surface area contributed by atoms with Crippen molar-refractivity contribution >= 4 is 21.8 Å². The predicted molar refractivity (Wildman–Crippen MR) is 130 cm³/mol. The summed E-state index contributed by atoms with van der Waals surface area (Å²) in [6.45, 7) is -0.158. The molecule has 0 radical (unpaired) electrons. The first-order valence-corrected chi connectivity index (χ1v) is 11.3. The molecule has 1 N–H and O–H groups in total. The van der Waals surface area contributed by atoms with Gasteiger partial charge < -0.3 is 14.6 Å². The van der Waals surface area contributed by atoms with Crippen LogP contribution in [0.2, 0.25) is 0 Å². The molecule has 5 rings (SSSR count). The normalized spacial score (nSPS) is 14.1. The Hall–Kier alpha value is -3.69. The number of para-hydroxylation sites is 1. The SMILES string of the molecule is CN(C)Cc1cn(CC(O)(c2ccc3c(cnn3-c3ccc(F)cc3)c2)C(F)(F)F)c2ccccc12. The van der Waals surface area contributed by atoms with Gasteiger partial charge in [0.25, 0.3) is 0 Å². The van der Waals surface area contributed by atoms with Gasteiger partial charge in [-0.2, -0.15) is 18.3 Å². The summed E-state index contributed by atoms with van der Waals surface area (Å²) in [6.07, 6.45) is -1.84. The van der Waals surface area contributed by atoms with Crippen molar-refractivity contribution in [1.82, 2.24) is 19.2 Å². The maximum Gasteiger partial charge on any atom is 0.423 e. The number of fused-ring (bicyclic) bond motifs is 2. The minimum absolute atomic E-state index is 0.284. The zero-order valence-corrected chi connectivity index (χ0v) is 19.7. The quantitative estimate of drug-likeness (QED) is 0.310. The van der Waals surface area contributed by atoms with Crippen molar-refractivity contribution in [2.75, 3.05) is 14.1 Å². The molecule has 1 atom stereocenters. The van der Waals surface area contributed by atoms with Crippen LogP contribution in [-0.2, 0) is 18.7 Å². The van der Waals surface area contributed by atoms with Crippen molar-refractivity contribution < 1.29 is 22.7 Å². The highest BCUT2D eigenvalue weighted by atomic mass is 19.4. The molecule has 0 saturated carbocycles. The van der Waals surface area contributed by atoms with Crippen LogP contribution in [0.4, 0.5) is 17.6 Å². The summed E-state index contributed by atoms with van der Waals surface area (Å²) < 4.78 is 59.7. The Morgan fingerprint density at radius 2 is 1.67 bits per heavy atom. The molecule has 3 aromatic carbocycles. The highest BCUT2D eigenvalue weighted by molar-refractivity contribution is 5.84. The van der Waals surface area contributed by atoms with Gasteiger partial charge in [-0.05, 0) is 67.7 Å². The number of alkyl halides is 3. The van der Waals surface area contributed by atoms with E-state index in [-0.39, 0.29) is 5.56 Å². The van der Waals surface area contributed by atoms with Gasteiger partial charge in [0.2, 0.25) is 5.60 Å². The molecule has 0 amide bonds. The molecule has 0 bridgehead atoms. The zero-order chi connectivity index (χ0) is 25.7. The lowest BCUT2D eigenvalue weighted by atomic mass is 9.91. The molecule has 5 nitrogen and oxygen atoms in total. The predicted octanol–water partition coefficient (Wildman–Crippen LogP) is 5.63. The van der Waals surface area contributed by atoms with Crippen LogP contribution in [0.1, 0.15) is 11.1 Å². The molecule has 2 heterocycles. The van der Waals surface area contributed by atoms with Crippen LogP contribution in [-0.4, -0.2) is 44.6 Å². The summed E-state index contributed by atoms with van der Waals surface area (Å²) in [6, 6.07) is 16.9. The van der Waals surface area contributed by atoms with E-state index < -0.39 is 24.1 Å². The topological polar surface area (TPSA) is 46.2 Å². The summed E-state index contributed by atoms with van der Waals surface area (Å²) in [4.78, 5) is 1.94. The second-order valence-electron chi connectivity index (χ2n) is 9.20. The van der Waals surface area contributed by atoms with Crippen LogP contribution >= 0.6 is 0 Å². The molecule has 0 fully saturated rings. The summed E-state index contributed by atoms with van der Waals surface area (Å²) >= 11 is 0. The fraction of sp³-hybridized carbons (Fsp3) is 0.222. The second-order valence-corrected chi connectivity index (χ2v) is 9.20. The van der Waals surface area contributed by atoms with Crippen molar-refractivity contribution in [3.63, 3.8) is 0 Å². The lowest BCUT2D eigenvalue weighted by Gasteiger charge is -2.32. The van der Waals surface area contributed by atoms with Crippen LogP contribution < -0.4 is 0 Å². The van der Waals surface area contributed by atoms with Crippen LogP contribution in [0.3, 0.4) is 0 Å². The Balaban J connectivity index is 1.59. The third-order valence-electron chi connectivity index (χ3n) is 6.34. The van der Waals surface area contributed by atoms with E-state index in [4.69, 9.17) is 0 Å². The number of hydrogen-bond acceptors (Lipinski definition) is 3. The third-order valence-corrected chi connectivity index (χ3v) is 6.34. The summed E-state index contributed by atoms with van der Waals surface area (Å²) in [7, 11) is 3.78. The first kappa shape index (κ1) is 24.0. The van der Waals surface area contributed by atoms with Gasteiger partial charge in [0, 0.05) is 29.0 Å². The molecule has 0 aliphatic heterocycles. The van der Waals surface area contributed by atoms with Crippen molar-refractivity contribution in [2.24, 2.45) is 0 Å². The number of rotatable bonds is 6. The van der Waals surface area contributed by atoms with E-state index in [9.17, 15) is 22.7 Å². The maximum atomic E-state index is 14.5. The highest BCUT2D eigenvalue weighted by Gasteiger charge is 2.55. The maximum absolute atomic E-state index is 14.5. The number of benzene rings is 3. The second kappa shape index (κ2) is 8.76. The van der Waals surface area contributed by atoms with Gasteiger partial charge in [-0.3, -0.25) is 0 Å². The standard InChI is InChI=1S/C27H24F4N4O/c1-33(2)15-19-16-34(25-6-4-3-5-23(19)25)17-26(36,27(29,30)31)20-7-12-24-18(13-20)14-32-35(24)22-10-8-21(28)9-11-22/h3-14,16,36H,15,17H2,1-2H3. The van der Waals surface area contributed by atoms with Crippen LogP contribution in [0.25, 0.3) is 27.5 Å². The van der Waals surface area contributed by atoms with E-state index in [0.717, 1.165) is 10.9 Å². The lowest BCUT2D eigenvalue weighted by molar-refractivity contribution is -0.271. The number of aromatic nitrogens is 3. The molecule has 0 aliphatic rings. The Bertz CT molecular complexity index is 1540. The van der Waals surface area contributed by atoms with Crippen molar-refractivity contribution in [2.45, 2.75) is 24.9 Å². The first-order chi connectivity index (χ1) is 17.1. The number of halogens is 4. The van der Waals surface area contributed by atoms with Gasteiger partial charge in [0.1, 0.15) is 5.82 Å².